The van der Waals surface area contributed by atoms with Crippen LogP contribution in [0.3, 0.4) is 0 Å². The molecular formula is C36H36N4O5. The molecule has 9 heteroatoms. The first kappa shape index (κ1) is 30.0. The minimum atomic E-state index is -0.605. The summed E-state index contributed by atoms with van der Waals surface area (Å²) < 4.78 is 12.4. The highest BCUT2D eigenvalue weighted by Gasteiger charge is 2.24. The van der Waals surface area contributed by atoms with Gasteiger partial charge in [-0.2, -0.15) is 0 Å². The van der Waals surface area contributed by atoms with Gasteiger partial charge in [0.05, 0.1) is 11.4 Å². The number of aromatic amines is 1. The quantitative estimate of drug-likeness (QED) is 0.200. The maximum absolute atomic E-state index is 14.2. The molecule has 1 aliphatic carbocycles. The van der Waals surface area contributed by atoms with E-state index in [9.17, 15) is 14.4 Å². The highest BCUT2D eigenvalue weighted by atomic mass is 16.5. The summed E-state index contributed by atoms with van der Waals surface area (Å²) in [5.41, 5.74) is 5.73. The molecule has 0 bridgehead atoms. The lowest BCUT2D eigenvalue weighted by Gasteiger charge is -2.22. The number of aryl methyl sites for hydroxylation is 2. The Morgan fingerprint density at radius 1 is 0.933 bits per heavy atom. The normalized spacial score (nSPS) is 14.9. The lowest BCUT2D eigenvalue weighted by molar-refractivity contribution is -0.127. The summed E-state index contributed by atoms with van der Waals surface area (Å²) in [6.45, 7) is 4.10. The number of carbonyl (C=O) groups is 1. The van der Waals surface area contributed by atoms with Gasteiger partial charge < -0.3 is 4.74 Å². The van der Waals surface area contributed by atoms with Crippen molar-refractivity contribution < 1.29 is 14.1 Å². The summed E-state index contributed by atoms with van der Waals surface area (Å²) in [6.07, 6.45) is 5.45. The lowest BCUT2D eigenvalue weighted by atomic mass is 9.96. The van der Waals surface area contributed by atoms with E-state index in [1.54, 1.807) is 4.57 Å². The molecule has 1 atom stereocenters. The van der Waals surface area contributed by atoms with Gasteiger partial charge in [-0.1, -0.05) is 74.0 Å². The molecule has 9 nitrogen and oxygen atoms in total. The van der Waals surface area contributed by atoms with Crippen LogP contribution in [-0.2, 0) is 24.1 Å². The SMILES string of the molecule is CCCc1nc(CC)n(-c2ccc(OC3CCCCC3=O)cc2)c(=O)c1Cc1ccc(-c2ccccc2-c2noc(=O)[nH]2)cc1. The average molecular weight is 605 g/mol. The van der Waals surface area contributed by atoms with Crippen molar-refractivity contribution in [2.45, 2.75) is 71.3 Å². The fraction of sp³-hybridized carbons (Fsp3) is 0.306. The zero-order chi connectivity index (χ0) is 31.3. The molecule has 0 radical (unpaired) electrons. The molecule has 0 saturated heterocycles. The Labute approximate surface area is 260 Å². The van der Waals surface area contributed by atoms with Gasteiger partial charge in [-0.25, -0.2) is 9.78 Å². The average Bonchev–Trinajstić information content (AvgIpc) is 3.50. The monoisotopic (exact) mass is 604 g/mol. The van der Waals surface area contributed by atoms with Crippen LogP contribution in [0.1, 0.15) is 68.6 Å². The van der Waals surface area contributed by atoms with Gasteiger partial charge >= 0.3 is 5.76 Å². The number of benzene rings is 3. The Morgan fingerprint density at radius 2 is 1.69 bits per heavy atom. The molecular weight excluding hydrogens is 568 g/mol. The number of nitrogens with one attached hydrogen (secondary N) is 1. The molecule has 2 aromatic heterocycles. The number of nitrogens with zero attached hydrogens (tertiary/aromatic N) is 3. The zero-order valence-corrected chi connectivity index (χ0v) is 25.5. The van der Waals surface area contributed by atoms with Gasteiger partial charge in [0, 0.05) is 30.4 Å². The highest BCUT2D eigenvalue weighted by Crippen LogP contribution is 2.30. The number of aromatic nitrogens is 4. The Morgan fingerprint density at radius 3 is 2.36 bits per heavy atom. The zero-order valence-electron chi connectivity index (χ0n) is 25.5. The minimum Gasteiger partial charge on any atom is -0.483 e. The number of carbonyl (C=O) groups excluding carboxylic acids is 1. The van der Waals surface area contributed by atoms with Crippen LogP contribution in [0.2, 0.25) is 0 Å². The van der Waals surface area contributed by atoms with E-state index in [0.29, 0.717) is 54.3 Å². The van der Waals surface area contributed by atoms with Crippen molar-refractivity contribution in [3.8, 4) is 34.0 Å². The number of hydrogen-bond donors (Lipinski definition) is 1. The summed E-state index contributed by atoms with van der Waals surface area (Å²) in [7, 11) is 0. The van der Waals surface area contributed by atoms with Gasteiger partial charge in [-0.05, 0) is 66.6 Å². The van der Waals surface area contributed by atoms with Gasteiger partial charge in [0.2, 0.25) is 0 Å². The van der Waals surface area contributed by atoms with E-state index in [1.807, 2.05) is 79.7 Å². The third-order valence-corrected chi connectivity index (χ3v) is 8.27. The number of hydrogen-bond acceptors (Lipinski definition) is 7. The molecule has 1 N–H and O–H groups in total. The molecule has 1 saturated carbocycles. The second-order valence-corrected chi connectivity index (χ2v) is 11.4. The molecule has 1 aliphatic rings. The van der Waals surface area contributed by atoms with Crippen molar-refractivity contribution in [3.05, 3.63) is 116 Å². The van der Waals surface area contributed by atoms with Gasteiger partial charge in [0.25, 0.3) is 5.56 Å². The van der Waals surface area contributed by atoms with Crippen molar-refractivity contribution in [3.63, 3.8) is 0 Å². The minimum absolute atomic E-state index is 0.0779. The Kier molecular flexibility index (Phi) is 8.86. The Hall–Kier alpha value is -5.05. The van der Waals surface area contributed by atoms with Crippen LogP contribution in [0, 0.1) is 0 Å². The van der Waals surface area contributed by atoms with Crippen molar-refractivity contribution >= 4 is 5.78 Å². The highest BCUT2D eigenvalue weighted by molar-refractivity contribution is 5.84. The third kappa shape index (κ3) is 6.43. The van der Waals surface area contributed by atoms with Crippen molar-refractivity contribution in [1.82, 2.24) is 19.7 Å². The van der Waals surface area contributed by atoms with Crippen molar-refractivity contribution in [2.24, 2.45) is 0 Å². The fourth-order valence-electron chi connectivity index (χ4n) is 5.98. The van der Waals surface area contributed by atoms with Crippen LogP contribution in [0.4, 0.5) is 0 Å². The van der Waals surface area contributed by atoms with Crippen LogP contribution >= 0.6 is 0 Å². The maximum atomic E-state index is 14.2. The number of ketones is 1. The van der Waals surface area contributed by atoms with Crippen LogP contribution in [0.15, 0.2) is 86.9 Å². The van der Waals surface area contributed by atoms with Gasteiger partial charge in [0.1, 0.15) is 11.6 Å². The standard InChI is InChI=1S/C36H36N4O5/c1-3-9-30-29(22-23-14-16-24(17-15-23)27-10-5-6-11-28(27)34-38-36(43)45-39-34)35(42)40(33(4-2)37-30)25-18-20-26(21-19-25)44-32-13-8-7-12-31(32)41/h5-6,10-11,14-21,32H,3-4,7-9,12-13,22H2,1-2H3,(H,38,39,43). The first-order valence-electron chi connectivity index (χ1n) is 15.6. The number of Topliss-reactive ketones (excluding diaryl/α,β-unsaturated/α-hetero) is 1. The summed E-state index contributed by atoms with van der Waals surface area (Å²) in [6, 6.07) is 23.1. The van der Waals surface area contributed by atoms with E-state index in [4.69, 9.17) is 14.2 Å². The van der Waals surface area contributed by atoms with Crippen LogP contribution in [-0.4, -0.2) is 31.6 Å². The molecule has 0 amide bonds. The molecule has 5 aromatic rings. The molecule has 0 aliphatic heterocycles. The number of rotatable bonds is 10. The predicted octanol–water partition coefficient (Wildman–Crippen LogP) is 6.24. The second kappa shape index (κ2) is 13.3. The largest absolute Gasteiger partial charge is 0.483 e. The molecule has 0 spiro atoms. The smallest absolute Gasteiger partial charge is 0.439 e. The van der Waals surface area contributed by atoms with Crippen LogP contribution < -0.4 is 16.1 Å². The van der Waals surface area contributed by atoms with E-state index in [1.165, 1.54) is 0 Å². The summed E-state index contributed by atoms with van der Waals surface area (Å²) in [5, 5.41) is 3.86. The molecule has 230 valence electrons. The molecule has 45 heavy (non-hydrogen) atoms. The predicted molar refractivity (Wildman–Crippen MR) is 172 cm³/mol. The van der Waals surface area contributed by atoms with Crippen LogP contribution in [0.5, 0.6) is 5.75 Å². The first-order chi connectivity index (χ1) is 21.9. The van der Waals surface area contributed by atoms with E-state index in [0.717, 1.165) is 53.6 Å². The Balaban J connectivity index is 1.30. The summed E-state index contributed by atoms with van der Waals surface area (Å²) in [4.78, 5) is 45.6. The molecule has 3 aromatic carbocycles. The van der Waals surface area contributed by atoms with E-state index >= 15 is 0 Å². The van der Waals surface area contributed by atoms with Gasteiger partial charge in [-0.15, -0.1) is 0 Å². The number of H-pyrrole nitrogens is 1. The summed E-state index contributed by atoms with van der Waals surface area (Å²) in [5.74, 6) is 1.25. The fourth-order valence-corrected chi connectivity index (χ4v) is 5.98. The third-order valence-electron chi connectivity index (χ3n) is 8.27. The second-order valence-electron chi connectivity index (χ2n) is 11.4. The molecule has 6 rings (SSSR count). The van der Waals surface area contributed by atoms with E-state index in [-0.39, 0.29) is 11.3 Å². The molecule has 2 heterocycles. The molecule has 1 fully saturated rings. The van der Waals surface area contributed by atoms with Crippen molar-refractivity contribution in [2.75, 3.05) is 0 Å². The van der Waals surface area contributed by atoms with Gasteiger partial charge in [0.15, 0.2) is 17.7 Å². The van der Waals surface area contributed by atoms with Crippen LogP contribution in [0.25, 0.3) is 28.2 Å². The maximum Gasteiger partial charge on any atom is 0.439 e. The summed E-state index contributed by atoms with van der Waals surface area (Å²) >= 11 is 0. The first-order valence-corrected chi connectivity index (χ1v) is 15.6. The lowest BCUT2D eigenvalue weighted by Crippen LogP contribution is -2.30. The van der Waals surface area contributed by atoms with Crippen molar-refractivity contribution in [1.29, 1.82) is 0 Å². The topological polar surface area (TPSA) is 120 Å². The van der Waals surface area contributed by atoms with E-state index in [2.05, 4.69) is 17.1 Å². The number of ether oxygens (including phenoxy) is 1. The van der Waals surface area contributed by atoms with Gasteiger partial charge in [-0.3, -0.25) is 23.7 Å². The molecule has 1 unspecified atom stereocenters. The van der Waals surface area contributed by atoms with E-state index < -0.39 is 11.9 Å². The Bertz CT molecular complexity index is 1920.